The van der Waals surface area contributed by atoms with E-state index in [4.69, 9.17) is 0 Å². The van der Waals surface area contributed by atoms with E-state index in [9.17, 15) is 0 Å². The van der Waals surface area contributed by atoms with Gasteiger partial charge in [0.2, 0.25) is 0 Å². The van der Waals surface area contributed by atoms with Crippen molar-refractivity contribution in [2.45, 2.75) is 60.8 Å². The molecule has 0 aliphatic carbocycles. The van der Waals surface area contributed by atoms with Crippen molar-refractivity contribution in [3.05, 3.63) is 53.3 Å². The second-order valence-corrected chi connectivity index (χ2v) is 8.48. The summed E-state index contributed by atoms with van der Waals surface area (Å²) in [5.41, 5.74) is 6.03. The molecule has 132 valence electrons. The number of hydrogen-bond acceptors (Lipinski definition) is 1. The third kappa shape index (κ3) is 5.26. The summed E-state index contributed by atoms with van der Waals surface area (Å²) in [5, 5.41) is 0. The Kier molecular flexibility index (Phi) is 6.71. The van der Waals surface area contributed by atoms with Gasteiger partial charge in [0.25, 0.3) is 0 Å². The zero-order valence-corrected chi connectivity index (χ0v) is 16.5. The maximum atomic E-state index is 2.48. The fraction of sp³-hybridized carbons (Fsp3) is 0.565. The molecule has 0 amide bonds. The Hall–Kier alpha value is -1.50. The van der Waals surface area contributed by atoms with Gasteiger partial charge in [0.15, 0.2) is 0 Å². The van der Waals surface area contributed by atoms with E-state index >= 15 is 0 Å². The molecule has 1 aromatic rings. The van der Waals surface area contributed by atoms with Crippen molar-refractivity contribution in [2.75, 3.05) is 11.4 Å². The first-order valence-corrected chi connectivity index (χ1v) is 9.61. The zero-order chi connectivity index (χ0) is 17.7. The van der Waals surface area contributed by atoms with E-state index in [-0.39, 0.29) is 0 Å². The molecular weight excluding hydrogens is 290 g/mol. The van der Waals surface area contributed by atoms with Crippen LogP contribution in [-0.2, 0) is 19.3 Å². The SMILES string of the molecule is CC(C)Cc1cc(CC(C)C)c(N2C=CC=CC2)c(CC(C)C)c1. The van der Waals surface area contributed by atoms with Gasteiger partial charge in [-0.15, -0.1) is 0 Å². The largest absolute Gasteiger partial charge is 0.344 e. The second-order valence-electron chi connectivity index (χ2n) is 8.48. The molecule has 0 aromatic heterocycles. The topological polar surface area (TPSA) is 3.24 Å². The Morgan fingerprint density at radius 3 is 1.75 bits per heavy atom. The number of nitrogens with zero attached hydrogens (tertiary/aromatic N) is 1. The van der Waals surface area contributed by atoms with Crippen molar-refractivity contribution in [1.82, 2.24) is 0 Å². The van der Waals surface area contributed by atoms with Crippen molar-refractivity contribution in [3.63, 3.8) is 0 Å². The number of anilines is 1. The van der Waals surface area contributed by atoms with E-state index in [1.54, 1.807) is 0 Å². The molecule has 0 fully saturated rings. The number of benzene rings is 1. The van der Waals surface area contributed by atoms with Crippen LogP contribution in [0.4, 0.5) is 5.69 Å². The van der Waals surface area contributed by atoms with Crippen molar-refractivity contribution < 1.29 is 0 Å². The summed E-state index contributed by atoms with van der Waals surface area (Å²) in [5.74, 6) is 2.05. The summed E-state index contributed by atoms with van der Waals surface area (Å²) in [6.45, 7) is 14.9. The highest BCUT2D eigenvalue weighted by atomic mass is 15.1. The molecule has 1 aromatic carbocycles. The van der Waals surface area contributed by atoms with Gasteiger partial charge in [0.05, 0.1) is 0 Å². The van der Waals surface area contributed by atoms with Gasteiger partial charge < -0.3 is 4.90 Å². The molecule has 2 rings (SSSR count). The van der Waals surface area contributed by atoms with Crippen LogP contribution in [0.15, 0.2) is 36.6 Å². The van der Waals surface area contributed by atoms with E-state index in [1.165, 1.54) is 28.8 Å². The Labute approximate surface area is 149 Å². The smallest absolute Gasteiger partial charge is 0.0474 e. The molecule has 1 aliphatic heterocycles. The van der Waals surface area contributed by atoms with Crippen molar-refractivity contribution >= 4 is 5.69 Å². The van der Waals surface area contributed by atoms with Crippen LogP contribution in [0.1, 0.15) is 58.2 Å². The lowest BCUT2D eigenvalue weighted by Gasteiger charge is -2.29. The lowest BCUT2D eigenvalue weighted by Crippen LogP contribution is -2.22. The Bertz CT molecular complexity index is 559. The molecule has 1 aliphatic rings. The van der Waals surface area contributed by atoms with Crippen molar-refractivity contribution in [1.29, 1.82) is 0 Å². The third-order valence-corrected chi connectivity index (χ3v) is 4.33. The third-order valence-electron chi connectivity index (χ3n) is 4.33. The fourth-order valence-electron chi connectivity index (χ4n) is 3.61. The van der Waals surface area contributed by atoms with Crippen LogP contribution in [-0.4, -0.2) is 6.54 Å². The van der Waals surface area contributed by atoms with Gasteiger partial charge in [-0.3, -0.25) is 0 Å². The van der Waals surface area contributed by atoms with Gasteiger partial charge in [-0.2, -0.15) is 0 Å². The Morgan fingerprint density at radius 1 is 0.792 bits per heavy atom. The highest BCUT2D eigenvalue weighted by Crippen LogP contribution is 2.33. The minimum atomic E-state index is 0.675. The predicted octanol–water partition coefficient (Wildman–Crippen LogP) is 6.17. The zero-order valence-electron chi connectivity index (χ0n) is 16.5. The summed E-state index contributed by atoms with van der Waals surface area (Å²) in [7, 11) is 0. The number of rotatable bonds is 7. The van der Waals surface area contributed by atoms with E-state index in [1.807, 2.05) is 0 Å². The second kappa shape index (κ2) is 8.55. The minimum Gasteiger partial charge on any atom is -0.344 e. The van der Waals surface area contributed by atoms with E-state index in [0.29, 0.717) is 17.8 Å². The van der Waals surface area contributed by atoms with Crippen LogP contribution in [0.25, 0.3) is 0 Å². The summed E-state index contributed by atoms with van der Waals surface area (Å²) in [6.07, 6.45) is 12.3. The number of allylic oxidation sites excluding steroid dienone is 2. The standard InChI is InChI=1S/C23H35N/c1-17(2)12-20-15-21(13-18(3)4)23(22(16-20)14-19(5)6)24-10-8-7-9-11-24/h7-10,15-19H,11-14H2,1-6H3. The minimum absolute atomic E-state index is 0.675. The normalized spacial score (nSPS) is 14.5. The van der Waals surface area contributed by atoms with Crippen molar-refractivity contribution in [2.24, 2.45) is 17.8 Å². The van der Waals surface area contributed by atoms with Gasteiger partial charge in [-0.1, -0.05) is 65.8 Å². The van der Waals surface area contributed by atoms with E-state index in [2.05, 4.69) is 83.0 Å². The molecule has 0 radical (unpaired) electrons. The molecule has 1 heteroatoms. The molecule has 0 unspecified atom stereocenters. The molecular formula is C23H35N. The summed E-state index contributed by atoms with van der Waals surface area (Å²) in [6, 6.07) is 4.96. The lowest BCUT2D eigenvalue weighted by molar-refractivity contribution is 0.624. The van der Waals surface area contributed by atoms with Crippen molar-refractivity contribution in [3.8, 4) is 0 Å². The predicted molar refractivity (Wildman–Crippen MR) is 108 cm³/mol. The highest BCUT2D eigenvalue weighted by molar-refractivity contribution is 5.64. The number of hydrogen-bond donors (Lipinski definition) is 0. The van der Waals surface area contributed by atoms with E-state index in [0.717, 1.165) is 19.4 Å². The molecule has 0 spiro atoms. The summed E-state index contributed by atoms with van der Waals surface area (Å²) < 4.78 is 0. The van der Waals surface area contributed by atoms with Crippen LogP contribution in [0.3, 0.4) is 0 Å². The molecule has 24 heavy (non-hydrogen) atoms. The van der Waals surface area contributed by atoms with E-state index < -0.39 is 0 Å². The maximum absolute atomic E-state index is 2.48. The van der Waals surface area contributed by atoms with Gasteiger partial charge >= 0.3 is 0 Å². The van der Waals surface area contributed by atoms with Gasteiger partial charge in [-0.05, 0) is 59.8 Å². The monoisotopic (exact) mass is 325 g/mol. The highest BCUT2D eigenvalue weighted by Gasteiger charge is 2.18. The van der Waals surface area contributed by atoms with Crippen LogP contribution in [0, 0.1) is 17.8 Å². The first-order valence-electron chi connectivity index (χ1n) is 9.61. The molecule has 0 saturated heterocycles. The van der Waals surface area contributed by atoms with Crippen LogP contribution >= 0.6 is 0 Å². The van der Waals surface area contributed by atoms with Gasteiger partial charge in [-0.25, -0.2) is 0 Å². The van der Waals surface area contributed by atoms with Crippen LogP contribution < -0.4 is 4.90 Å². The average molecular weight is 326 g/mol. The Morgan fingerprint density at radius 2 is 1.33 bits per heavy atom. The fourth-order valence-corrected chi connectivity index (χ4v) is 3.61. The summed E-state index contributed by atoms with van der Waals surface area (Å²) >= 11 is 0. The first kappa shape index (κ1) is 18.8. The summed E-state index contributed by atoms with van der Waals surface area (Å²) in [4.78, 5) is 2.44. The van der Waals surface area contributed by atoms with Crippen LogP contribution in [0.5, 0.6) is 0 Å². The first-order chi connectivity index (χ1) is 11.4. The molecule has 0 bridgehead atoms. The average Bonchev–Trinajstić information content (AvgIpc) is 2.46. The molecule has 0 atom stereocenters. The lowest BCUT2D eigenvalue weighted by atomic mass is 9.89. The quantitative estimate of drug-likeness (QED) is 0.579. The van der Waals surface area contributed by atoms with Gasteiger partial charge in [0, 0.05) is 18.4 Å². The van der Waals surface area contributed by atoms with Gasteiger partial charge in [0.1, 0.15) is 0 Å². The molecule has 1 heterocycles. The molecule has 0 N–H and O–H groups in total. The Balaban J connectivity index is 2.52. The molecule has 1 nitrogen and oxygen atoms in total. The molecule has 0 saturated carbocycles. The maximum Gasteiger partial charge on any atom is 0.0474 e. The van der Waals surface area contributed by atoms with Crippen LogP contribution in [0.2, 0.25) is 0 Å².